The molecule has 160 valence electrons. The molecule has 0 aliphatic heterocycles. The third-order valence-electron chi connectivity index (χ3n) is 4.72. The molecule has 2 aromatic carbocycles. The zero-order valence-electron chi connectivity index (χ0n) is 17.4. The molecule has 0 spiro atoms. The van der Waals surface area contributed by atoms with Gasteiger partial charge < -0.3 is 19.4 Å². The van der Waals surface area contributed by atoms with Gasteiger partial charge in [0, 0.05) is 5.56 Å². The Kier molecular flexibility index (Phi) is 6.27. The molecule has 0 unspecified atom stereocenters. The van der Waals surface area contributed by atoms with E-state index in [4.69, 9.17) is 9.47 Å². The molecule has 2 aromatic heterocycles. The molecule has 0 saturated carbocycles. The standard InChI is InChI=1S/C25H21N3O4/c1-31-23-10-6-5-9-18(23)13-21-24(29)28-22(25(30)27-21)14-19-11-12-20(15-26-19)32-16-17-7-3-2-4-8-17/h2-15H,16H2,1H3,(H,27,30)(H,28,29). The summed E-state index contributed by atoms with van der Waals surface area (Å²) in [5.41, 5.74) is 1.39. The summed E-state index contributed by atoms with van der Waals surface area (Å²) in [6.45, 7) is 0.433. The molecule has 0 fully saturated rings. The first-order chi connectivity index (χ1) is 15.6. The topological polar surface area (TPSA) is 97.1 Å². The summed E-state index contributed by atoms with van der Waals surface area (Å²) < 4.78 is 11.0. The highest BCUT2D eigenvalue weighted by molar-refractivity contribution is 5.56. The Labute approximate surface area is 183 Å². The minimum absolute atomic E-state index is 0.109. The molecule has 0 amide bonds. The predicted octanol–water partition coefficient (Wildman–Crippen LogP) is 1.70. The van der Waals surface area contributed by atoms with E-state index in [-0.39, 0.29) is 10.7 Å². The third kappa shape index (κ3) is 5.02. The lowest BCUT2D eigenvalue weighted by atomic mass is 10.2. The number of aromatic amines is 2. The summed E-state index contributed by atoms with van der Waals surface area (Å²) in [6.07, 6.45) is 4.65. The maximum atomic E-state index is 12.5. The van der Waals surface area contributed by atoms with Crippen molar-refractivity contribution in [3.63, 3.8) is 0 Å². The fourth-order valence-corrected chi connectivity index (χ4v) is 3.09. The third-order valence-corrected chi connectivity index (χ3v) is 4.72. The molecule has 4 rings (SSSR count). The van der Waals surface area contributed by atoms with Crippen molar-refractivity contribution in [2.75, 3.05) is 7.11 Å². The Balaban J connectivity index is 1.58. The van der Waals surface area contributed by atoms with E-state index in [0.717, 1.165) is 5.56 Å². The molecule has 2 N–H and O–H groups in total. The summed E-state index contributed by atoms with van der Waals surface area (Å²) in [4.78, 5) is 34.5. The van der Waals surface area contributed by atoms with Crippen LogP contribution in [0.2, 0.25) is 0 Å². The van der Waals surface area contributed by atoms with E-state index in [9.17, 15) is 9.59 Å². The van der Waals surface area contributed by atoms with E-state index in [1.54, 1.807) is 43.6 Å². The largest absolute Gasteiger partial charge is 0.496 e. The van der Waals surface area contributed by atoms with Crippen molar-refractivity contribution in [3.05, 3.63) is 121 Å². The lowest BCUT2D eigenvalue weighted by molar-refractivity contribution is 0.305. The van der Waals surface area contributed by atoms with Crippen LogP contribution >= 0.6 is 0 Å². The van der Waals surface area contributed by atoms with E-state index in [1.807, 2.05) is 42.5 Å². The van der Waals surface area contributed by atoms with Crippen molar-refractivity contribution < 1.29 is 9.47 Å². The van der Waals surface area contributed by atoms with Gasteiger partial charge in [-0.3, -0.25) is 14.6 Å². The smallest absolute Gasteiger partial charge is 0.272 e. The second kappa shape index (κ2) is 9.61. The Hall–Kier alpha value is -4.39. The Bertz CT molecular complexity index is 1440. The number of nitrogens with zero attached hydrogens (tertiary/aromatic N) is 1. The lowest BCUT2D eigenvalue weighted by Gasteiger charge is -2.05. The van der Waals surface area contributed by atoms with E-state index in [2.05, 4.69) is 15.0 Å². The number of nitrogens with one attached hydrogen (secondary N) is 2. The van der Waals surface area contributed by atoms with Crippen molar-refractivity contribution in [1.82, 2.24) is 15.0 Å². The number of aromatic nitrogens is 3. The molecule has 4 aromatic rings. The summed E-state index contributed by atoms with van der Waals surface area (Å²) in [5.74, 6) is 1.21. The van der Waals surface area contributed by atoms with Crippen LogP contribution < -0.4 is 31.3 Å². The van der Waals surface area contributed by atoms with Crippen LogP contribution in [0, 0.1) is 0 Å². The van der Waals surface area contributed by atoms with Crippen molar-refractivity contribution in [1.29, 1.82) is 0 Å². The fraction of sp³-hybridized carbons (Fsp3) is 0.0800. The van der Waals surface area contributed by atoms with Gasteiger partial charge in [0.1, 0.15) is 28.8 Å². The van der Waals surface area contributed by atoms with Crippen molar-refractivity contribution in [3.8, 4) is 11.5 Å². The van der Waals surface area contributed by atoms with Gasteiger partial charge in [-0.25, -0.2) is 0 Å². The molecule has 0 aliphatic rings. The van der Waals surface area contributed by atoms with Crippen LogP contribution in [0.5, 0.6) is 11.5 Å². The second-order valence-corrected chi connectivity index (χ2v) is 6.96. The van der Waals surface area contributed by atoms with Gasteiger partial charge in [-0.15, -0.1) is 0 Å². The van der Waals surface area contributed by atoms with Gasteiger partial charge >= 0.3 is 0 Å². The summed E-state index contributed by atoms with van der Waals surface area (Å²) >= 11 is 0. The number of pyridine rings is 1. The number of benzene rings is 2. The van der Waals surface area contributed by atoms with Gasteiger partial charge in [-0.1, -0.05) is 48.5 Å². The van der Waals surface area contributed by atoms with Gasteiger partial charge in [0.05, 0.1) is 19.0 Å². The van der Waals surface area contributed by atoms with Gasteiger partial charge in [0.2, 0.25) is 0 Å². The highest BCUT2D eigenvalue weighted by Gasteiger charge is 2.02. The number of ether oxygens (including phenoxy) is 2. The molecule has 0 atom stereocenters. The van der Waals surface area contributed by atoms with Gasteiger partial charge in [0.15, 0.2) is 0 Å². The summed E-state index contributed by atoms with van der Waals surface area (Å²) in [5, 5.41) is 0.242. The average Bonchev–Trinajstić information content (AvgIpc) is 2.83. The highest BCUT2D eigenvalue weighted by Crippen LogP contribution is 2.17. The van der Waals surface area contributed by atoms with Crippen LogP contribution in [0.4, 0.5) is 0 Å². The van der Waals surface area contributed by atoms with E-state index in [0.29, 0.717) is 29.4 Å². The molecule has 32 heavy (non-hydrogen) atoms. The first-order valence-corrected chi connectivity index (χ1v) is 9.94. The zero-order valence-corrected chi connectivity index (χ0v) is 17.4. The van der Waals surface area contributed by atoms with E-state index in [1.165, 1.54) is 6.08 Å². The maximum absolute atomic E-state index is 12.5. The molecular formula is C25H21N3O4. The van der Waals surface area contributed by atoms with Crippen LogP contribution in [0.3, 0.4) is 0 Å². The Morgan fingerprint density at radius 2 is 1.53 bits per heavy atom. The van der Waals surface area contributed by atoms with Gasteiger partial charge in [-0.2, -0.15) is 0 Å². The first-order valence-electron chi connectivity index (χ1n) is 9.94. The number of para-hydroxylation sites is 1. The van der Waals surface area contributed by atoms with Crippen LogP contribution in [0.25, 0.3) is 12.2 Å². The minimum Gasteiger partial charge on any atom is -0.496 e. The molecule has 0 saturated heterocycles. The summed E-state index contributed by atoms with van der Waals surface area (Å²) in [6, 6.07) is 20.5. The monoisotopic (exact) mass is 427 g/mol. The van der Waals surface area contributed by atoms with Crippen LogP contribution in [0.15, 0.2) is 82.5 Å². The number of hydrogen-bond donors (Lipinski definition) is 2. The van der Waals surface area contributed by atoms with Crippen molar-refractivity contribution in [2.45, 2.75) is 6.61 Å². The van der Waals surface area contributed by atoms with Crippen LogP contribution in [0.1, 0.15) is 16.8 Å². The molecule has 0 radical (unpaired) electrons. The lowest BCUT2D eigenvalue weighted by Crippen LogP contribution is -2.46. The maximum Gasteiger partial charge on any atom is 0.272 e. The first kappa shape index (κ1) is 20.9. The molecule has 0 bridgehead atoms. The number of rotatable bonds is 6. The zero-order chi connectivity index (χ0) is 22.3. The molecular weight excluding hydrogens is 406 g/mol. The Morgan fingerprint density at radius 3 is 2.22 bits per heavy atom. The molecule has 0 aliphatic carbocycles. The normalized spacial score (nSPS) is 12.0. The fourth-order valence-electron chi connectivity index (χ4n) is 3.09. The predicted molar refractivity (Wildman–Crippen MR) is 122 cm³/mol. The Morgan fingerprint density at radius 1 is 0.844 bits per heavy atom. The number of methoxy groups -OCH3 is 1. The molecule has 7 nitrogen and oxygen atoms in total. The van der Waals surface area contributed by atoms with Crippen LogP contribution in [-0.2, 0) is 6.61 Å². The van der Waals surface area contributed by atoms with E-state index < -0.39 is 11.1 Å². The molecule has 7 heteroatoms. The summed E-state index contributed by atoms with van der Waals surface area (Å²) in [7, 11) is 1.54. The van der Waals surface area contributed by atoms with Gasteiger partial charge in [-0.05, 0) is 35.9 Å². The highest BCUT2D eigenvalue weighted by atomic mass is 16.5. The average molecular weight is 427 g/mol. The van der Waals surface area contributed by atoms with Crippen molar-refractivity contribution in [2.24, 2.45) is 0 Å². The minimum atomic E-state index is -0.433. The number of hydrogen-bond acceptors (Lipinski definition) is 5. The number of H-pyrrole nitrogens is 2. The molecule has 2 heterocycles. The quantitative estimate of drug-likeness (QED) is 0.488. The van der Waals surface area contributed by atoms with Gasteiger partial charge in [0.25, 0.3) is 11.1 Å². The second-order valence-electron chi connectivity index (χ2n) is 6.96. The van der Waals surface area contributed by atoms with Crippen LogP contribution in [-0.4, -0.2) is 22.1 Å². The van der Waals surface area contributed by atoms with Crippen molar-refractivity contribution >= 4 is 12.2 Å². The van der Waals surface area contributed by atoms with E-state index >= 15 is 0 Å². The SMILES string of the molecule is COc1ccccc1C=c1[nH]c(=O)c(=Cc2ccc(OCc3ccccc3)cn2)[nH]c1=O.